The second-order valence-electron chi connectivity index (χ2n) is 5.97. The van der Waals surface area contributed by atoms with E-state index in [2.05, 4.69) is 33.2 Å². The number of rotatable bonds is 6. The Hall–Kier alpha value is -2.25. The van der Waals surface area contributed by atoms with Gasteiger partial charge >= 0.3 is 0 Å². The maximum atomic E-state index is 12.3. The highest BCUT2D eigenvalue weighted by atomic mass is 79.9. The lowest BCUT2D eigenvalue weighted by Crippen LogP contribution is -2.19. The van der Waals surface area contributed by atoms with Crippen molar-refractivity contribution in [1.29, 1.82) is 0 Å². The van der Waals surface area contributed by atoms with Gasteiger partial charge in [-0.05, 0) is 82.5 Å². The number of nitrogens with zero attached hydrogens (tertiary/aromatic N) is 1. The van der Waals surface area contributed by atoms with Crippen LogP contribution in [0.2, 0.25) is 0 Å². The van der Waals surface area contributed by atoms with Crippen LogP contribution < -0.4 is 14.8 Å². The predicted molar refractivity (Wildman–Crippen MR) is 118 cm³/mol. The van der Waals surface area contributed by atoms with Crippen molar-refractivity contribution in [3.63, 3.8) is 0 Å². The minimum atomic E-state index is -0.169. The molecular weight excluding hydrogens is 440 g/mol. The summed E-state index contributed by atoms with van der Waals surface area (Å²) in [5.74, 6) is 1.09. The molecule has 1 amide bonds. The molecule has 0 aliphatic carbocycles. The zero-order valence-corrected chi connectivity index (χ0v) is 18.3. The van der Waals surface area contributed by atoms with Gasteiger partial charge in [-0.15, -0.1) is 0 Å². The van der Waals surface area contributed by atoms with E-state index in [1.54, 1.807) is 7.11 Å². The Labute approximate surface area is 177 Å². The van der Waals surface area contributed by atoms with E-state index in [1.165, 1.54) is 17.3 Å². The number of aliphatic imine (C=N–C) groups is 1. The van der Waals surface area contributed by atoms with Crippen LogP contribution >= 0.6 is 27.7 Å². The van der Waals surface area contributed by atoms with Gasteiger partial charge in [-0.1, -0.05) is 19.1 Å². The Balaban J connectivity index is 1.84. The van der Waals surface area contributed by atoms with Crippen molar-refractivity contribution in [3.8, 4) is 11.5 Å². The van der Waals surface area contributed by atoms with Crippen molar-refractivity contribution >= 4 is 50.5 Å². The lowest BCUT2D eigenvalue weighted by Gasteiger charge is -2.12. The Morgan fingerprint density at radius 2 is 1.96 bits per heavy atom. The molecule has 1 saturated heterocycles. The third kappa shape index (κ3) is 4.77. The third-order valence-electron chi connectivity index (χ3n) is 4.06. The number of carbonyl (C=O) groups is 1. The molecule has 146 valence electrons. The molecule has 7 heteroatoms. The summed E-state index contributed by atoms with van der Waals surface area (Å²) in [7, 11) is 1.59. The van der Waals surface area contributed by atoms with E-state index in [4.69, 9.17) is 9.47 Å². The van der Waals surface area contributed by atoms with Gasteiger partial charge in [0, 0.05) is 0 Å². The number of hydrogen-bond donors (Lipinski definition) is 1. The van der Waals surface area contributed by atoms with E-state index >= 15 is 0 Å². The summed E-state index contributed by atoms with van der Waals surface area (Å²) < 4.78 is 11.8. The van der Waals surface area contributed by atoms with Gasteiger partial charge in [-0.2, -0.15) is 0 Å². The first-order valence-corrected chi connectivity index (χ1v) is 10.5. The number of carbonyl (C=O) groups excluding carboxylic acids is 1. The Kier molecular flexibility index (Phi) is 6.80. The molecule has 1 aliphatic rings. The minimum absolute atomic E-state index is 0.169. The maximum Gasteiger partial charge on any atom is 0.264 e. The topological polar surface area (TPSA) is 59.9 Å². The number of hydrogen-bond acceptors (Lipinski definition) is 5. The highest BCUT2D eigenvalue weighted by Gasteiger charge is 2.24. The molecule has 28 heavy (non-hydrogen) atoms. The fourth-order valence-corrected chi connectivity index (χ4v) is 4.08. The van der Waals surface area contributed by atoms with Crippen LogP contribution in [0.15, 0.2) is 50.8 Å². The lowest BCUT2D eigenvalue weighted by atomic mass is 10.2. The molecule has 0 atom stereocenters. The van der Waals surface area contributed by atoms with E-state index in [0.717, 1.165) is 22.1 Å². The summed E-state index contributed by atoms with van der Waals surface area (Å²) in [5.41, 5.74) is 2.90. The normalized spacial score (nSPS) is 16.5. The maximum absolute atomic E-state index is 12.3. The Morgan fingerprint density at radius 1 is 1.21 bits per heavy atom. The van der Waals surface area contributed by atoms with Gasteiger partial charge in [0.1, 0.15) is 0 Å². The fourth-order valence-electron chi connectivity index (χ4n) is 2.66. The molecule has 2 aromatic carbocycles. The van der Waals surface area contributed by atoms with Crippen molar-refractivity contribution in [2.24, 2.45) is 4.99 Å². The average Bonchev–Trinajstić information content (AvgIpc) is 3.03. The second-order valence-corrected chi connectivity index (χ2v) is 7.85. The summed E-state index contributed by atoms with van der Waals surface area (Å²) >= 11 is 4.82. The van der Waals surface area contributed by atoms with Crippen LogP contribution in [0.1, 0.15) is 25.0 Å². The summed E-state index contributed by atoms with van der Waals surface area (Å²) in [4.78, 5) is 17.4. The molecule has 1 N–H and O–H groups in total. The molecule has 0 aromatic heterocycles. The molecule has 0 bridgehead atoms. The molecule has 1 aliphatic heterocycles. The zero-order chi connectivity index (χ0) is 20.1. The van der Waals surface area contributed by atoms with E-state index in [-0.39, 0.29) is 5.91 Å². The van der Waals surface area contributed by atoms with Gasteiger partial charge in [-0.3, -0.25) is 4.79 Å². The van der Waals surface area contributed by atoms with Crippen LogP contribution in [0.4, 0.5) is 5.69 Å². The molecule has 0 spiro atoms. The second kappa shape index (κ2) is 9.30. The van der Waals surface area contributed by atoms with Crippen LogP contribution in [0.3, 0.4) is 0 Å². The monoisotopic (exact) mass is 460 g/mol. The quantitative estimate of drug-likeness (QED) is 0.593. The molecular formula is C21H21BrN2O3S. The van der Waals surface area contributed by atoms with Gasteiger partial charge in [0.25, 0.3) is 5.91 Å². The highest BCUT2D eigenvalue weighted by Crippen LogP contribution is 2.38. The van der Waals surface area contributed by atoms with Crippen molar-refractivity contribution in [2.45, 2.75) is 20.3 Å². The van der Waals surface area contributed by atoms with Crippen molar-refractivity contribution < 1.29 is 14.3 Å². The van der Waals surface area contributed by atoms with Gasteiger partial charge < -0.3 is 14.8 Å². The first kappa shape index (κ1) is 20.5. The summed E-state index contributed by atoms with van der Waals surface area (Å²) in [6.07, 6.45) is 2.79. The van der Waals surface area contributed by atoms with Crippen LogP contribution in [-0.4, -0.2) is 24.8 Å². The molecule has 1 fully saturated rings. The van der Waals surface area contributed by atoms with E-state index in [1.807, 2.05) is 49.4 Å². The van der Waals surface area contributed by atoms with Crippen LogP contribution in [0.5, 0.6) is 11.5 Å². The minimum Gasteiger partial charge on any atom is -0.493 e. The van der Waals surface area contributed by atoms with E-state index in [9.17, 15) is 4.79 Å². The van der Waals surface area contributed by atoms with Crippen molar-refractivity contribution in [1.82, 2.24) is 5.32 Å². The first-order chi connectivity index (χ1) is 13.5. The van der Waals surface area contributed by atoms with E-state index in [0.29, 0.717) is 28.2 Å². The number of nitrogens with one attached hydrogen (secondary N) is 1. The molecule has 1 heterocycles. The first-order valence-electron chi connectivity index (χ1n) is 8.92. The highest BCUT2D eigenvalue weighted by molar-refractivity contribution is 9.10. The number of halogens is 1. The SMILES string of the molecule is CCOc1c(Br)cc(C=C2SC(=Nc3ccc(CC)cc3)NC2=O)cc1OC. The van der Waals surface area contributed by atoms with Crippen LogP contribution in [0, 0.1) is 0 Å². The Bertz CT molecular complexity index is 939. The molecule has 0 saturated carbocycles. The number of benzene rings is 2. The summed E-state index contributed by atoms with van der Waals surface area (Å²) in [5, 5.41) is 3.38. The molecule has 2 aromatic rings. The number of ether oxygens (including phenoxy) is 2. The largest absolute Gasteiger partial charge is 0.493 e. The Morgan fingerprint density at radius 3 is 2.61 bits per heavy atom. The van der Waals surface area contributed by atoms with Crippen molar-refractivity contribution in [2.75, 3.05) is 13.7 Å². The third-order valence-corrected chi connectivity index (χ3v) is 5.56. The lowest BCUT2D eigenvalue weighted by molar-refractivity contribution is -0.115. The standard InChI is InChI=1S/C21H21BrN2O3S/c1-4-13-6-8-15(9-7-13)23-21-24-20(25)18(28-21)12-14-10-16(22)19(27-5-2)17(11-14)26-3/h6-12H,4-5H2,1-3H3,(H,23,24,25). The zero-order valence-electron chi connectivity index (χ0n) is 15.9. The van der Waals surface area contributed by atoms with Crippen LogP contribution in [-0.2, 0) is 11.2 Å². The smallest absolute Gasteiger partial charge is 0.264 e. The average molecular weight is 461 g/mol. The number of amides is 1. The van der Waals surface area contributed by atoms with Gasteiger partial charge in [0.2, 0.25) is 0 Å². The van der Waals surface area contributed by atoms with Crippen LogP contribution in [0.25, 0.3) is 6.08 Å². The van der Waals surface area contributed by atoms with Crippen molar-refractivity contribution in [3.05, 3.63) is 56.9 Å². The summed E-state index contributed by atoms with van der Waals surface area (Å²) in [6.45, 7) is 4.56. The van der Waals surface area contributed by atoms with E-state index < -0.39 is 0 Å². The number of amidine groups is 1. The molecule has 3 rings (SSSR count). The fraction of sp³-hybridized carbons (Fsp3) is 0.238. The molecule has 0 radical (unpaired) electrons. The molecule has 5 nitrogen and oxygen atoms in total. The number of aryl methyl sites for hydroxylation is 1. The van der Waals surface area contributed by atoms with Gasteiger partial charge in [0.05, 0.1) is 28.8 Å². The summed E-state index contributed by atoms with van der Waals surface area (Å²) in [6, 6.07) is 11.7. The van der Waals surface area contributed by atoms with Gasteiger partial charge in [-0.25, -0.2) is 4.99 Å². The van der Waals surface area contributed by atoms with Gasteiger partial charge in [0.15, 0.2) is 16.7 Å². The molecule has 0 unspecified atom stereocenters. The number of methoxy groups -OCH3 is 1. The number of thioether (sulfide) groups is 1. The predicted octanol–water partition coefficient (Wildman–Crippen LogP) is 5.31.